The fourth-order valence-electron chi connectivity index (χ4n) is 4.29. The summed E-state index contributed by atoms with van der Waals surface area (Å²) in [5, 5.41) is 6.97. The maximum atomic E-state index is 11.3. The topological polar surface area (TPSA) is 73.8 Å². The van der Waals surface area contributed by atoms with Gasteiger partial charge in [-0.15, -0.1) is 24.0 Å². The molecule has 2 fully saturated rings. The standard InChI is InChI=1S/C20H40N4O2S.HI/c1-4-21-20(22-11-8-18-7-5-6-17(2)16-18)23-19-9-12-24(13-10-19)14-15-27(3,25)26;/h17-19H,4-16H2,1-3H3,(H2,21,22,23);1H. The molecule has 0 spiro atoms. The molecule has 2 unspecified atom stereocenters. The molecular weight excluding hydrogens is 487 g/mol. The second-order valence-corrected chi connectivity index (χ2v) is 10.8. The van der Waals surface area contributed by atoms with Gasteiger partial charge in [-0.25, -0.2) is 8.42 Å². The van der Waals surface area contributed by atoms with Gasteiger partial charge >= 0.3 is 0 Å². The third-order valence-corrected chi connectivity index (χ3v) is 6.83. The number of hydrogen-bond donors (Lipinski definition) is 2. The fraction of sp³-hybridized carbons (Fsp3) is 0.950. The molecule has 2 atom stereocenters. The Balaban J connectivity index is 0.00000392. The van der Waals surface area contributed by atoms with Crippen molar-refractivity contribution in [3.05, 3.63) is 0 Å². The number of rotatable bonds is 8. The molecule has 1 aliphatic carbocycles. The third-order valence-electron chi connectivity index (χ3n) is 5.90. The van der Waals surface area contributed by atoms with Gasteiger partial charge in [-0.05, 0) is 44.4 Å². The van der Waals surface area contributed by atoms with Crippen LogP contribution < -0.4 is 10.6 Å². The minimum absolute atomic E-state index is 0. The Morgan fingerprint density at radius 3 is 2.50 bits per heavy atom. The summed E-state index contributed by atoms with van der Waals surface area (Å²) in [6.07, 6.45) is 10.1. The highest BCUT2D eigenvalue weighted by Crippen LogP contribution is 2.30. The van der Waals surface area contributed by atoms with Crippen molar-refractivity contribution in [3.63, 3.8) is 0 Å². The Morgan fingerprint density at radius 1 is 1.18 bits per heavy atom. The van der Waals surface area contributed by atoms with Gasteiger partial charge in [0.1, 0.15) is 9.84 Å². The zero-order valence-corrected chi connectivity index (χ0v) is 21.1. The molecule has 1 aliphatic heterocycles. The first kappa shape index (κ1) is 25.9. The van der Waals surface area contributed by atoms with Gasteiger partial charge in [-0.3, -0.25) is 4.99 Å². The summed E-state index contributed by atoms with van der Waals surface area (Å²) < 4.78 is 22.7. The Labute approximate surface area is 189 Å². The molecule has 28 heavy (non-hydrogen) atoms. The van der Waals surface area contributed by atoms with E-state index in [1.165, 1.54) is 38.4 Å². The average molecular weight is 529 g/mol. The Bertz CT molecular complexity index is 563. The first-order chi connectivity index (χ1) is 12.9. The Hall–Kier alpha value is -0.0900. The van der Waals surface area contributed by atoms with Crippen LogP contribution in [0.3, 0.4) is 0 Å². The molecule has 2 rings (SSSR count). The van der Waals surface area contributed by atoms with Crippen LogP contribution in [0.15, 0.2) is 4.99 Å². The first-order valence-corrected chi connectivity index (χ1v) is 12.9. The highest BCUT2D eigenvalue weighted by molar-refractivity contribution is 14.0. The highest BCUT2D eigenvalue weighted by atomic mass is 127. The summed E-state index contributed by atoms with van der Waals surface area (Å²) in [6.45, 7) is 8.81. The summed E-state index contributed by atoms with van der Waals surface area (Å²) >= 11 is 0. The number of halogens is 1. The minimum Gasteiger partial charge on any atom is -0.357 e. The zero-order valence-electron chi connectivity index (χ0n) is 18.0. The van der Waals surface area contributed by atoms with Gasteiger partial charge in [0, 0.05) is 45.0 Å². The monoisotopic (exact) mass is 528 g/mol. The van der Waals surface area contributed by atoms with Crippen molar-refractivity contribution in [1.29, 1.82) is 0 Å². The van der Waals surface area contributed by atoms with Crippen LogP contribution in [0.4, 0.5) is 0 Å². The van der Waals surface area contributed by atoms with E-state index in [4.69, 9.17) is 4.99 Å². The van der Waals surface area contributed by atoms with E-state index in [0.29, 0.717) is 12.6 Å². The van der Waals surface area contributed by atoms with E-state index >= 15 is 0 Å². The van der Waals surface area contributed by atoms with E-state index in [2.05, 4.69) is 29.4 Å². The van der Waals surface area contributed by atoms with Crippen molar-refractivity contribution in [2.24, 2.45) is 16.8 Å². The van der Waals surface area contributed by atoms with Crippen molar-refractivity contribution in [1.82, 2.24) is 15.5 Å². The van der Waals surface area contributed by atoms with Gasteiger partial charge in [0.05, 0.1) is 5.75 Å². The molecule has 0 amide bonds. The summed E-state index contributed by atoms with van der Waals surface area (Å²) in [6, 6.07) is 0.423. The predicted molar refractivity (Wildman–Crippen MR) is 129 cm³/mol. The molecule has 1 saturated heterocycles. The maximum Gasteiger partial charge on any atom is 0.191 e. The minimum atomic E-state index is -2.87. The number of nitrogens with one attached hydrogen (secondary N) is 2. The van der Waals surface area contributed by atoms with Gasteiger partial charge in [0.25, 0.3) is 0 Å². The van der Waals surface area contributed by atoms with Crippen LogP contribution in [0.1, 0.15) is 58.8 Å². The highest BCUT2D eigenvalue weighted by Gasteiger charge is 2.21. The number of aliphatic imine (C=N–C) groups is 1. The zero-order chi connectivity index (χ0) is 19.7. The van der Waals surface area contributed by atoms with Gasteiger partial charge in [0.2, 0.25) is 0 Å². The number of piperidine rings is 1. The van der Waals surface area contributed by atoms with Crippen molar-refractivity contribution < 1.29 is 8.42 Å². The molecule has 2 N–H and O–H groups in total. The van der Waals surface area contributed by atoms with Gasteiger partial charge in [0.15, 0.2) is 5.96 Å². The van der Waals surface area contributed by atoms with E-state index in [1.54, 1.807) is 0 Å². The molecule has 166 valence electrons. The lowest BCUT2D eigenvalue weighted by molar-refractivity contribution is 0.216. The van der Waals surface area contributed by atoms with Crippen molar-refractivity contribution in [3.8, 4) is 0 Å². The molecule has 0 aromatic carbocycles. The molecule has 0 bridgehead atoms. The molecule has 0 radical (unpaired) electrons. The fourth-order valence-corrected chi connectivity index (χ4v) is 4.88. The maximum absolute atomic E-state index is 11.3. The van der Waals surface area contributed by atoms with Crippen molar-refractivity contribution in [2.75, 3.05) is 44.7 Å². The lowest BCUT2D eigenvalue weighted by Crippen LogP contribution is -2.49. The first-order valence-electron chi connectivity index (χ1n) is 10.8. The molecule has 1 saturated carbocycles. The van der Waals surface area contributed by atoms with Crippen molar-refractivity contribution in [2.45, 2.75) is 64.8 Å². The van der Waals surface area contributed by atoms with E-state index in [0.717, 1.165) is 56.8 Å². The molecule has 1 heterocycles. The van der Waals surface area contributed by atoms with Gasteiger partial charge < -0.3 is 15.5 Å². The normalized spacial score (nSPS) is 25.2. The summed E-state index contributed by atoms with van der Waals surface area (Å²) in [4.78, 5) is 7.07. The van der Waals surface area contributed by atoms with Crippen LogP contribution in [0.2, 0.25) is 0 Å². The second-order valence-electron chi connectivity index (χ2n) is 8.58. The summed E-state index contributed by atoms with van der Waals surface area (Å²) in [5.74, 6) is 2.93. The lowest BCUT2D eigenvalue weighted by atomic mass is 9.81. The lowest BCUT2D eigenvalue weighted by Gasteiger charge is -2.33. The van der Waals surface area contributed by atoms with Crippen LogP contribution >= 0.6 is 24.0 Å². The summed E-state index contributed by atoms with van der Waals surface area (Å²) in [5.41, 5.74) is 0. The molecule has 2 aliphatic rings. The van der Waals surface area contributed by atoms with Crippen molar-refractivity contribution >= 4 is 39.8 Å². The quantitative estimate of drug-likeness (QED) is 0.288. The molecule has 0 aromatic rings. The molecule has 6 nitrogen and oxygen atoms in total. The smallest absolute Gasteiger partial charge is 0.191 e. The van der Waals surface area contributed by atoms with Gasteiger partial charge in [-0.1, -0.05) is 26.2 Å². The number of likely N-dealkylation sites (tertiary alicyclic amines) is 1. The van der Waals surface area contributed by atoms with Gasteiger partial charge in [-0.2, -0.15) is 0 Å². The molecule has 8 heteroatoms. The Kier molecular flexibility index (Phi) is 12.3. The predicted octanol–water partition coefficient (Wildman–Crippen LogP) is 2.88. The van der Waals surface area contributed by atoms with Crippen LogP contribution in [0.25, 0.3) is 0 Å². The number of sulfone groups is 1. The Morgan fingerprint density at radius 2 is 1.89 bits per heavy atom. The van der Waals surface area contributed by atoms with Crippen LogP contribution in [-0.2, 0) is 9.84 Å². The largest absolute Gasteiger partial charge is 0.357 e. The number of nitrogens with zero attached hydrogens (tertiary/aromatic N) is 2. The van der Waals surface area contributed by atoms with Crippen LogP contribution in [0.5, 0.6) is 0 Å². The molecule has 0 aromatic heterocycles. The number of hydrogen-bond acceptors (Lipinski definition) is 4. The third kappa shape index (κ3) is 10.6. The van der Waals surface area contributed by atoms with E-state index in [9.17, 15) is 8.42 Å². The number of guanidine groups is 1. The SMILES string of the molecule is CCNC(=NCCC1CCCC(C)C1)NC1CCN(CCS(C)(=O)=O)CC1.I. The average Bonchev–Trinajstić information content (AvgIpc) is 2.61. The second kappa shape index (κ2) is 13.3. The van der Waals surface area contributed by atoms with Crippen LogP contribution in [-0.4, -0.2) is 70.1 Å². The van der Waals surface area contributed by atoms with E-state index < -0.39 is 9.84 Å². The summed E-state index contributed by atoms with van der Waals surface area (Å²) in [7, 11) is -2.87. The van der Waals surface area contributed by atoms with E-state index in [1.807, 2.05) is 0 Å². The van der Waals surface area contributed by atoms with E-state index in [-0.39, 0.29) is 29.7 Å². The van der Waals surface area contributed by atoms with Crippen LogP contribution in [0, 0.1) is 11.8 Å². The molecular formula is C20H41IN4O2S.